The number of rotatable bonds is 4. The number of hydrogen-bond donors (Lipinski definition) is 1. The lowest BCUT2D eigenvalue weighted by Gasteiger charge is -2.06. The van der Waals surface area contributed by atoms with Crippen LogP contribution >= 0.6 is 27.7 Å². The third-order valence-electron chi connectivity index (χ3n) is 3.16. The number of nitrogens with zero attached hydrogens (tertiary/aromatic N) is 5. The van der Waals surface area contributed by atoms with E-state index in [9.17, 15) is 15.2 Å². The van der Waals surface area contributed by atoms with Crippen molar-refractivity contribution in [3.8, 4) is 17.1 Å². The van der Waals surface area contributed by atoms with Crippen molar-refractivity contribution in [1.29, 1.82) is 0 Å². The average molecular weight is 408 g/mol. The summed E-state index contributed by atoms with van der Waals surface area (Å²) in [5.74, 6) is 0.594. The number of phenolic OH excluding ortho intramolecular Hbond substituents is 1. The van der Waals surface area contributed by atoms with Gasteiger partial charge in [0.15, 0.2) is 11.0 Å². The minimum Gasteiger partial charge on any atom is -0.507 e. The minimum absolute atomic E-state index is 0.0722. The fraction of sp³-hybridized carbons (Fsp3) is 0.0714. The molecule has 1 aromatic carbocycles. The van der Waals surface area contributed by atoms with Gasteiger partial charge in [-0.3, -0.25) is 10.1 Å². The molecule has 0 aliphatic carbocycles. The van der Waals surface area contributed by atoms with Crippen LogP contribution in [0.2, 0.25) is 0 Å². The predicted octanol–water partition coefficient (Wildman–Crippen LogP) is 3.40. The Morgan fingerprint density at radius 3 is 2.75 bits per heavy atom. The summed E-state index contributed by atoms with van der Waals surface area (Å²) >= 11 is 4.58. The molecule has 3 rings (SSSR count). The molecule has 8 nitrogen and oxygen atoms in total. The minimum atomic E-state index is -0.502. The van der Waals surface area contributed by atoms with Gasteiger partial charge in [0.25, 0.3) is 5.69 Å². The fourth-order valence-electron chi connectivity index (χ4n) is 1.96. The van der Waals surface area contributed by atoms with E-state index >= 15 is 0 Å². The summed E-state index contributed by atoms with van der Waals surface area (Å²) in [7, 11) is 1.77. The predicted molar refractivity (Wildman–Crippen MR) is 90.8 cm³/mol. The van der Waals surface area contributed by atoms with Crippen LogP contribution in [-0.2, 0) is 7.05 Å². The van der Waals surface area contributed by atoms with Crippen molar-refractivity contribution >= 4 is 33.4 Å². The van der Waals surface area contributed by atoms with Crippen molar-refractivity contribution in [2.75, 3.05) is 0 Å². The molecule has 0 fully saturated rings. The van der Waals surface area contributed by atoms with E-state index in [1.807, 2.05) is 0 Å². The topological polar surface area (TPSA) is 107 Å². The first kappa shape index (κ1) is 16.4. The normalized spacial score (nSPS) is 10.8. The van der Waals surface area contributed by atoms with Gasteiger partial charge < -0.3 is 9.67 Å². The third kappa shape index (κ3) is 3.24. The van der Waals surface area contributed by atoms with E-state index < -0.39 is 4.92 Å². The van der Waals surface area contributed by atoms with Gasteiger partial charge in [0.2, 0.25) is 0 Å². The first-order valence-corrected chi connectivity index (χ1v) is 8.23. The number of aromatic nitrogens is 4. The monoisotopic (exact) mass is 407 g/mol. The first-order valence-electron chi connectivity index (χ1n) is 6.62. The second-order valence-corrected chi connectivity index (χ2v) is 6.64. The van der Waals surface area contributed by atoms with Gasteiger partial charge in [-0.25, -0.2) is 4.98 Å². The molecule has 0 saturated heterocycles. The molecular formula is C14H10BrN5O3S. The highest BCUT2D eigenvalue weighted by Gasteiger charge is 2.16. The standard InChI is InChI=1S/C14H10BrN5O3S/c1-19-13(10-6-8(15)2-4-11(10)21)17-18-14(19)24-12-5-3-9(7-16-12)20(22)23/h2-7,21H,1H3. The van der Waals surface area contributed by atoms with Gasteiger partial charge in [0.1, 0.15) is 17.0 Å². The van der Waals surface area contributed by atoms with Crippen LogP contribution < -0.4 is 0 Å². The molecule has 0 unspecified atom stereocenters. The van der Waals surface area contributed by atoms with Crippen LogP contribution in [0.15, 0.2) is 51.2 Å². The molecule has 0 saturated carbocycles. The van der Waals surface area contributed by atoms with Gasteiger partial charge in [-0.05, 0) is 36.0 Å². The van der Waals surface area contributed by atoms with Crippen LogP contribution in [0.1, 0.15) is 0 Å². The summed E-state index contributed by atoms with van der Waals surface area (Å²) in [5, 5.41) is 30.0. The van der Waals surface area contributed by atoms with Crippen LogP contribution in [0.3, 0.4) is 0 Å². The number of aromatic hydroxyl groups is 1. The van der Waals surface area contributed by atoms with Gasteiger partial charge in [-0.2, -0.15) is 0 Å². The fourth-order valence-corrected chi connectivity index (χ4v) is 3.05. The molecule has 24 heavy (non-hydrogen) atoms. The van der Waals surface area contributed by atoms with Gasteiger partial charge in [0, 0.05) is 17.6 Å². The van der Waals surface area contributed by atoms with Crippen molar-refractivity contribution in [3.63, 3.8) is 0 Å². The Morgan fingerprint density at radius 1 is 1.29 bits per heavy atom. The number of hydrogen-bond acceptors (Lipinski definition) is 7. The number of benzene rings is 1. The van der Waals surface area contributed by atoms with Crippen molar-refractivity contribution in [2.24, 2.45) is 7.05 Å². The van der Waals surface area contributed by atoms with Crippen molar-refractivity contribution in [1.82, 2.24) is 19.7 Å². The Labute approximate surface area is 148 Å². The smallest absolute Gasteiger partial charge is 0.287 e. The summed E-state index contributed by atoms with van der Waals surface area (Å²) < 4.78 is 2.53. The molecule has 3 aromatic rings. The summed E-state index contributed by atoms with van der Waals surface area (Å²) in [6.07, 6.45) is 1.19. The molecule has 0 radical (unpaired) electrons. The van der Waals surface area contributed by atoms with Gasteiger partial charge in [0.05, 0.1) is 10.5 Å². The maximum absolute atomic E-state index is 10.6. The zero-order valence-corrected chi connectivity index (χ0v) is 14.7. The molecule has 10 heteroatoms. The number of phenols is 1. The van der Waals surface area contributed by atoms with E-state index in [1.165, 1.54) is 24.0 Å². The van der Waals surface area contributed by atoms with E-state index in [2.05, 4.69) is 31.1 Å². The summed E-state index contributed by atoms with van der Waals surface area (Å²) in [6, 6.07) is 7.98. The molecule has 2 heterocycles. The Kier molecular flexibility index (Phi) is 4.49. The Morgan fingerprint density at radius 2 is 2.08 bits per heavy atom. The van der Waals surface area contributed by atoms with Crippen molar-refractivity contribution < 1.29 is 10.0 Å². The highest BCUT2D eigenvalue weighted by molar-refractivity contribution is 9.10. The average Bonchev–Trinajstić information content (AvgIpc) is 2.91. The SMILES string of the molecule is Cn1c(Sc2ccc([N+](=O)[O-])cn2)nnc1-c1cc(Br)ccc1O. The zero-order valence-electron chi connectivity index (χ0n) is 12.3. The van der Waals surface area contributed by atoms with E-state index in [-0.39, 0.29) is 11.4 Å². The highest BCUT2D eigenvalue weighted by Crippen LogP contribution is 2.33. The largest absolute Gasteiger partial charge is 0.507 e. The van der Waals surface area contributed by atoms with Gasteiger partial charge >= 0.3 is 0 Å². The number of pyridine rings is 1. The van der Waals surface area contributed by atoms with Gasteiger partial charge in [-0.15, -0.1) is 10.2 Å². The molecule has 0 aliphatic rings. The molecule has 0 amide bonds. The molecular weight excluding hydrogens is 398 g/mol. The Balaban J connectivity index is 1.90. The summed E-state index contributed by atoms with van der Waals surface area (Å²) in [4.78, 5) is 14.2. The molecule has 122 valence electrons. The van der Waals surface area contributed by atoms with Crippen LogP contribution in [-0.4, -0.2) is 29.8 Å². The molecule has 0 bridgehead atoms. The van der Waals surface area contributed by atoms with Crippen LogP contribution in [0.4, 0.5) is 5.69 Å². The summed E-state index contributed by atoms with van der Waals surface area (Å²) in [5.41, 5.74) is 0.472. The van der Waals surface area contributed by atoms with Crippen LogP contribution in [0.25, 0.3) is 11.4 Å². The van der Waals surface area contributed by atoms with E-state index in [0.717, 1.165) is 4.47 Å². The van der Waals surface area contributed by atoms with E-state index in [0.29, 0.717) is 21.6 Å². The Hall–Kier alpha value is -2.46. The lowest BCUT2D eigenvalue weighted by molar-refractivity contribution is -0.385. The second kappa shape index (κ2) is 6.57. The van der Waals surface area contributed by atoms with Crippen molar-refractivity contribution in [2.45, 2.75) is 10.2 Å². The maximum atomic E-state index is 10.6. The van der Waals surface area contributed by atoms with Crippen LogP contribution in [0, 0.1) is 10.1 Å². The molecule has 0 aliphatic heterocycles. The lowest BCUT2D eigenvalue weighted by Crippen LogP contribution is -1.95. The third-order valence-corrected chi connectivity index (χ3v) is 4.64. The quantitative estimate of drug-likeness (QED) is 0.521. The first-order chi connectivity index (χ1) is 11.5. The van der Waals surface area contributed by atoms with Gasteiger partial charge in [-0.1, -0.05) is 15.9 Å². The molecule has 1 N–H and O–H groups in total. The zero-order chi connectivity index (χ0) is 17.3. The maximum Gasteiger partial charge on any atom is 0.287 e. The summed E-state index contributed by atoms with van der Waals surface area (Å²) in [6.45, 7) is 0. The lowest BCUT2D eigenvalue weighted by atomic mass is 10.2. The molecule has 0 atom stereocenters. The van der Waals surface area contributed by atoms with Crippen molar-refractivity contribution in [3.05, 3.63) is 51.1 Å². The number of halogens is 1. The molecule has 2 aromatic heterocycles. The Bertz CT molecular complexity index is 913. The second-order valence-electron chi connectivity index (χ2n) is 4.74. The highest BCUT2D eigenvalue weighted by atomic mass is 79.9. The van der Waals surface area contributed by atoms with Crippen LogP contribution in [0.5, 0.6) is 5.75 Å². The van der Waals surface area contributed by atoms with E-state index in [4.69, 9.17) is 0 Å². The molecule has 0 spiro atoms. The number of nitro groups is 1. The van der Waals surface area contributed by atoms with E-state index in [1.54, 1.807) is 35.9 Å².